The SMILES string of the molecule is N#C[C@@H](C(=O)COc1ccc2ccccc2c1)C(=O)Nc1ccccn1. The summed E-state index contributed by atoms with van der Waals surface area (Å²) in [6.45, 7) is -0.369. The topological polar surface area (TPSA) is 92.1 Å². The molecule has 1 aromatic heterocycles. The number of nitrogens with one attached hydrogen (secondary N) is 1. The van der Waals surface area contributed by atoms with Gasteiger partial charge in [-0.05, 0) is 35.0 Å². The number of benzene rings is 2. The molecule has 0 aliphatic rings. The van der Waals surface area contributed by atoms with Gasteiger partial charge in [-0.25, -0.2) is 4.98 Å². The Balaban J connectivity index is 1.63. The van der Waals surface area contributed by atoms with Gasteiger partial charge < -0.3 is 10.1 Å². The average Bonchev–Trinajstić information content (AvgIpc) is 2.67. The zero-order valence-electron chi connectivity index (χ0n) is 13.8. The summed E-state index contributed by atoms with van der Waals surface area (Å²) in [6.07, 6.45) is 1.50. The highest BCUT2D eigenvalue weighted by Gasteiger charge is 2.27. The molecule has 0 radical (unpaired) electrons. The fourth-order valence-electron chi connectivity index (χ4n) is 2.41. The summed E-state index contributed by atoms with van der Waals surface area (Å²) in [5.74, 6) is -2.02. The third kappa shape index (κ3) is 4.02. The number of amides is 1. The Labute approximate surface area is 150 Å². The maximum atomic E-state index is 12.2. The molecule has 3 aromatic rings. The number of hydrogen-bond acceptors (Lipinski definition) is 5. The van der Waals surface area contributed by atoms with Crippen LogP contribution in [0.4, 0.5) is 5.82 Å². The minimum absolute atomic E-state index is 0.279. The molecule has 2 aromatic carbocycles. The van der Waals surface area contributed by atoms with Gasteiger partial charge in [0.05, 0.1) is 6.07 Å². The maximum absolute atomic E-state index is 12.2. The molecule has 6 heteroatoms. The molecule has 0 unspecified atom stereocenters. The molecule has 26 heavy (non-hydrogen) atoms. The van der Waals surface area contributed by atoms with E-state index in [0.717, 1.165) is 10.8 Å². The summed E-state index contributed by atoms with van der Waals surface area (Å²) < 4.78 is 5.46. The second kappa shape index (κ2) is 7.90. The highest BCUT2D eigenvalue weighted by atomic mass is 16.5. The Morgan fingerprint density at radius 3 is 2.58 bits per heavy atom. The zero-order valence-corrected chi connectivity index (χ0v) is 13.8. The average molecular weight is 345 g/mol. The molecule has 0 spiro atoms. The quantitative estimate of drug-likeness (QED) is 0.694. The predicted octanol–water partition coefficient (Wildman–Crippen LogP) is 2.96. The largest absolute Gasteiger partial charge is 0.486 e. The number of pyridine rings is 1. The summed E-state index contributed by atoms with van der Waals surface area (Å²) in [7, 11) is 0. The summed E-state index contributed by atoms with van der Waals surface area (Å²) in [4.78, 5) is 28.3. The van der Waals surface area contributed by atoms with Crippen LogP contribution >= 0.6 is 0 Å². The van der Waals surface area contributed by atoms with E-state index >= 15 is 0 Å². The highest BCUT2D eigenvalue weighted by Crippen LogP contribution is 2.20. The Morgan fingerprint density at radius 1 is 1.08 bits per heavy atom. The number of ketones is 1. The first-order valence-corrected chi connectivity index (χ1v) is 7.93. The first kappa shape index (κ1) is 17.1. The van der Waals surface area contributed by atoms with Crippen LogP contribution in [0.25, 0.3) is 10.8 Å². The fourth-order valence-corrected chi connectivity index (χ4v) is 2.41. The van der Waals surface area contributed by atoms with Crippen LogP contribution in [0, 0.1) is 17.2 Å². The van der Waals surface area contributed by atoms with Gasteiger partial charge in [-0.15, -0.1) is 0 Å². The van der Waals surface area contributed by atoms with Gasteiger partial charge in [0.1, 0.15) is 18.2 Å². The summed E-state index contributed by atoms with van der Waals surface area (Å²) >= 11 is 0. The molecule has 1 amide bonds. The van der Waals surface area contributed by atoms with Crippen molar-refractivity contribution in [1.82, 2.24) is 4.98 Å². The molecule has 1 heterocycles. The molecule has 6 nitrogen and oxygen atoms in total. The Morgan fingerprint density at radius 2 is 1.85 bits per heavy atom. The molecular weight excluding hydrogens is 330 g/mol. The van der Waals surface area contributed by atoms with Gasteiger partial charge in [-0.2, -0.15) is 5.26 Å². The molecular formula is C20H15N3O3. The molecule has 0 saturated carbocycles. The summed E-state index contributed by atoms with van der Waals surface area (Å²) in [5.41, 5.74) is 0. The van der Waals surface area contributed by atoms with Crippen molar-refractivity contribution in [2.24, 2.45) is 5.92 Å². The zero-order chi connectivity index (χ0) is 18.4. The van der Waals surface area contributed by atoms with Gasteiger partial charge in [0, 0.05) is 6.20 Å². The number of ether oxygens (including phenoxy) is 1. The minimum Gasteiger partial charge on any atom is -0.486 e. The van der Waals surface area contributed by atoms with Crippen LogP contribution in [0.5, 0.6) is 5.75 Å². The smallest absolute Gasteiger partial charge is 0.250 e. The van der Waals surface area contributed by atoms with Crippen molar-refractivity contribution in [2.75, 3.05) is 11.9 Å². The van der Waals surface area contributed by atoms with Crippen molar-refractivity contribution in [3.8, 4) is 11.8 Å². The van der Waals surface area contributed by atoms with E-state index in [1.807, 2.05) is 30.3 Å². The minimum atomic E-state index is -1.46. The van der Waals surface area contributed by atoms with E-state index in [9.17, 15) is 14.9 Å². The van der Waals surface area contributed by atoms with Crippen molar-refractivity contribution in [3.63, 3.8) is 0 Å². The van der Waals surface area contributed by atoms with Gasteiger partial charge in [0.25, 0.3) is 5.91 Å². The van der Waals surface area contributed by atoms with Gasteiger partial charge >= 0.3 is 0 Å². The lowest BCUT2D eigenvalue weighted by molar-refractivity contribution is -0.130. The van der Waals surface area contributed by atoms with Crippen molar-refractivity contribution in [2.45, 2.75) is 0 Å². The standard InChI is InChI=1S/C20H15N3O3/c21-12-17(20(25)23-19-7-3-4-10-22-19)18(24)13-26-16-9-8-14-5-1-2-6-15(14)11-16/h1-11,17H,13H2,(H,22,23,25)/t17-/m0/s1. The summed E-state index contributed by atoms with van der Waals surface area (Å²) in [6, 6.07) is 19.8. The molecule has 0 aliphatic carbocycles. The number of carbonyl (C=O) groups excluding carboxylic acids is 2. The van der Waals surface area contributed by atoms with E-state index < -0.39 is 17.6 Å². The van der Waals surface area contributed by atoms with Crippen LogP contribution in [0.3, 0.4) is 0 Å². The number of hydrogen-bond donors (Lipinski definition) is 1. The van der Waals surface area contributed by atoms with E-state index in [-0.39, 0.29) is 12.4 Å². The monoisotopic (exact) mass is 345 g/mol. The van der Waals surface area contributed by atoms with Crippen molar-refractivity contribution >= 4 is 28.3 Å². The third-order valence-electron chi connectivity index (χ3n) is 3.73. The number of anilines is 1. The van der Waals surface area contributed by atoms with Crippen LogP contribution in [-0.2, 0) is 9.59 Å². The van der Waals surface area contributed by atoms with Crippen LogP contribution in [0.15, 0.2) is 66.9 Å². The number of Topliss-reactive ketones (excluding diaryl/α,β-unsaturated/α-hetero) is 1. The molecule has 128 valence electrons. The maximum Gasteiger partial charge on any atom is 0.250 e. The number of nitrogens with zero attached hydrogens (tertiary/aromatic N) is 2. The lowest BCUT2D eigenvalue weighted by Crippen LogP contribution is -2.32. The fraction of sp³-hybridized carbons (Fsp3) is 0.100. The normalized spacial score (nSPS) is 11.3. The molecule has 1 atom stereocenters. The lowest BCUT2D eigenvalue weighted by atomic mass is 10.1. The Bertz CT molecular complexity index is 980. The first-order chi connectivity index (χ1) is 12.7. The Kier molecular flexibility index (Phi) is 5.20. The van der Waals surface area contributed by atoms with Gasteiger partial charge in [0.2, 0.25) is 0 Å². The van der Waals surface area contributed by atoms with Gasteiger partial charge in [-0.1, -0.05) is 36.4 Å². The number of fused-ring (bicyclic) bond motifs is 1. The third-order valence-corrected chi connectivity index (χ3v) is 3.73. The lowest BCUT2D eigenvalue weighted by Gasteiger charge is -2.10. The van der Waals surface area contributed by atoms with E-state index in [4.69, 9.17) is 4.74 Å². The van der Waals surface area contributed by atoms with Gasteiger partial charge in [-0.3, -0.25) is 9.59 Å². The van der Waals surface area contributed by atoms with Crippen LogP contribution in [-0.4, -0.2) is 23.3 Å². The predicted molar refractivity (Wildman–Crippen MR) is 96.4 cm³/mol. The van der Waals surface area contributed by atoms with Crippen LogP contribution < -0.4 is 10.1 Å². The van der Waals surface area contributed by atoms with E-state index in [1.54, 1.807) is 36.4 Å². The first-order valence-electron chi connectivity index (χ1n) is 7.93. The number of carbonyl (C=O) groups is 2. The molecule has 3 rings (SSSR count). The molecule has 0 aliphatic heterocycles. The number of nitriles is 1. The van der Waals surface area contributed by atoms with E-state index in [0.29, 0.717) is 5.75 Å². The van der Waals surface area contributed by atoms with E-state index in [2.05, 4.69) is 10.3 Å². The number of aromatic nitrogens is 1. The van der Waals surface area contributed by atoms with E-state index in [1.165, 1.54) is 6.20 Å². The number of rotatable bonds is 6. The molecule has 0 saturated heterocycles. The highest BCUT2D eigenvalue weighted by molar-refractivity contribution is 6.09. The molecule has 0 bridgehead atoms. The summed E-state index contributed by atoms with van der Waals surface area (Å²) in [5, 5.41) is 13.6. The van der Waals surface area contributed by atoms with Gasteiger partial charge in [0.15, 0.2) is 11.7 Å². The van der Waals surface area contributed by atoms with Crippen molar-refractivity contribution in [3.05, 3.63) is 66.9 Å². The van der Waals surface area contributed by atoms with Crippen LogP contribution in [0.1, 0.15) is 0 Å². The second-order valence-electron chi connectivity index (χ2n) is 5.53. The van der Waals surface area contributed by atoms with Crippen molar-refractivity contribution < 1.29 is 14.3 Å². The molecule has 1 N–H and O–H groups in total. The Hall–Kier alpha value is -3.72. The van der Waals surface area contributed by atoms with Crippen molar-refractivity contribution in [1.29, 1.82) is 5.26 Å². The second-order valence-corrected chi connectivity index (χ2v) is 5.53. The molecule has 0 fully saturated rings. The van der Waals surface area contributed by atoms with Crippen LogP contribution in [0.2, 0.25) is 0 Å².